The fourth-order valence-electron chi connectivity index (χ4n) is 5.52. The normalized spacial score (nSPS) is 15.5. The highest BCUT2D eigenvalue weighted by atomic mass is 32.1. The molecule has 8 heteroatoms. The number of benzene rings is 2. The third-order valence-electron chi connectivity index (χ3n) is 7.92. The van der Waals surface area contributed by atoms with Gasteiger partial charge >= 0.3 is 0 Å². The first-order chi connectivity index (χ1) is 20.8. The minimum atomic E-state index is -0.627. The van der Waals surface area contributed by atoms with E-state index in [1.54, 1.807) is 35.0 Å². The second kappa shape index (κ2) is 10.6. The van der Waals surface area contributed by atoms with Crippen molar-refractivity contribution in [2.45, 2.75) is 52.4 Å². The number of imide groups is 2. The van der Waals surface area contributed by atoms with Crippen LogP contribution >= 0.6 is 22.7 Å². The van der Waals surface area contributed by atoms with Crippen molar-refractivity contribution in [1.82, 2.24) is 9.80 Å². The van der Waals surface area contributed by atoms with Gasteiger partial charge in [0.05, 0.1) is 32.3 Å². The molecule has 2 aromatic carbocycles. The van der Waals surface area contributed by atoms with Crippen LogP contribution in [0.25, 0.3) is 11.4 Å². The van der Waals surface area contributed by atoms with Gasteiger partial charge in [0, 0.05) is 0 Å². The number of rotatable bonds is 4. The molecule has 4 heterocycles. The molecule has 0 bridgehead atoms. The Balaban J connectivity index is 1.62. The molecule has 4 amide bonds. The Hall–Kier alpha value is -4.40. The third kappa shape index (κ3) is 4.88. The van der Waals surface area contributed by atoms with Crippen LogP contribution in [0.5, 0.6) is 0 Å². The zero-order chi connectivity index (χ0) is 31.6. The van der Waals surface area contributed by atoms with Gasteiger partial charge in [-0.25, -0.2) is 9.80 Å². The van der Waals surface area contributed by atoms with E-state index >= 15 is 0 Å². The molecule has 0 spiro atoms. The van der Waals surface area contributed by atoms with Crippen molar-refractivity contribution in [1.29, 1.82) is 0 Å². The molecule has 2 aliphatic heterocycles. The van der Waals surface area contributed by atoms with E-state index in [2.05, 4.69) is 41.5 Å². The van der Waals surface area contributed by atoms with Gasteiger partial charge in [0.15, 0.2) is 0 Å². The van der Waals surface area contributed by atoms with E-state index in [0.717, 1.165) is 20.9 Å². The highest BCUT2D eigenvalue weighted by Gasteiger charge is 2.53. The summed E-state index contributed by atoms with van der Waals surface area (Å²) in [5.74, 6) is -2.28. The molecule has 0 saturated heterocycles. The molecular formula is C36H32N2O4S2. The molecule has 0 unspecified atom stereocenters. The Bertz CT molecular complexity index is 1720. The number of hydrogen-bond acceptors (Lipinski definition) is 6. The van der Waals surface area contributed by atoms with Crippen LogP contribution < -0.4 is 0 Å². The topological polar surface area (TPSA) is 74.8 Å². The summed E-state index contributed by atoms with van der Waals surface area (Å²) in [6.07, 6.45) is 0. The SMILES string of the molecule is CC(C)(C)c1ccc(C2=C3C(=O)N(C(=O)c4cccs4)C(c4ccc(C(C)(C)C)cc4)=C3C(=O)N2C(=O)c2cccs2)cc1. The van der Waals surface area contributed by atoms with Crippen molar-refractivity contribution in [3.63, 3.8) is 0 Å². The second-order valence-corrected chi connectivity index (χ2v) is 14.8. The summed E-state index contributed by atoms with van der Waals surface area (Å²) in [4.78, 5) is 59.8. The lowest BCUT2D eigenvalue weighted by Crippen LogP contribution is -2.35. The fraction of sp³-hybridized carbons (Fsp3) is 0.222. The van der Waals surface area contributed by atoms with Crippen LogP contribution in [0.1, 0.15) is 83.1 Å². The molecule has 0 aliphatic carbocycles. The average molecular weight is 621 g/mol. The van der Waals surface area contributed by atoms with E-state index in [4.69, 9.17) is 0 Å². The Morgan fingerprint density at radius 1 is 0.545 bits per heavy atom. The first-order valence-electron chi connectivity index (χ1n) is 14.3. The molecule has 6 nitrogen and oxygen atoms in total. The van der Waals surface area contributed by atoms with Gasteiger partial charge in [0.25, 0.3) is 23.6 Å². The van der Waals surface area contributed by atoms with Crippen LogP contribution in [-0.2, 0) is 20.4 Å². The van der Waals surface area contributed by atoms with E-state index in [0.29, 0.717) is 20.9 Å². The van der Waals surface area contributed by atoms with Crippen molar-refractivity contribution in [3.8, 4) is 0 Å². The van der Waals surface area contributed by atoms with E-state index in [9.17, 15) is 19.2 Å². The quantitative estimate of drug-likeness (QED) is 0.218. The molecule has 0 saturated carbocycles. The molecule has 0 radical (unpaired) electrons. The van der Waals surface area contributed by atoms with Crippen LogP contribution in [0, 0.1) is 0 Å². The lowest BCUT2D eigenvalue weighted by molar-refractivity contribution is -0.122. The molecular weight excluding hydrogens is 589 g/mol. The summed E-state index contributed by atoms with van der Waals surface area (Å²) in [6, 6.07) is 22.0. The number of fused-ring (bicyclic) bond motifs is 1. The summed E-state index contributed by atoms with van der Waals surface area (Å²) in [5, 5.41) is 3.54. The summed E-state index contributed by atoms with van der Waals surface area (Å²) in [6.45, 7) is 12.6. The van der Waals surface area contributed by atoms with Gasteiger partial charge in [-0.15, -0.1) is 22.7 Å². The predicted octanol–water partition coefficient (Wildman–Crippen LogP) is 7.89. The van der Waals surface area contributed by atoms with Gasteiger partial charge in [0.1, 0.15) is 0 Å². The Kier molecular flexibility index (Phi) is 7.18. The highest BCUT2D eigenvalue weighted by Crippen LogP contribution is 2.48. The maximum Gasteiger partial charge on any atom is 0.275 e. The Morgan fingerprint density at radius 2 is 0.886 bits per heavy atom. The minimum Gasteiger partial charge on any atom is -0.268 e. The summed E-state index contributed by atoms with van der Waals surface area (Å²) < 4.78 is 0. The zero-order valence-corrected chi connectivity index (χ0v) is 27.1. The second-order valence-electron chi connectivity index (χ2n) is 12.9. The maximum atomic E-state index is 14.5. The standard InChI is InChI=1S/C36H32N2O4S2/c1-35(2,3)23-15-11-21(12-16-23)29-27-28(34(42)37(29)31(39)25-9-7-19-43-25)30(22-13-17-24(18-14-22)36(4,5)6)38(33(27)41)32(40)26-10-8-20-44-26/h7-20H,1-6H3. The number of amides is 4. The van der Waals surface area contributed by atoms with Crippen molar-refractivity contribution < 1.29 is 19.2 Å². The Labute approximate surface area is 264 Å². The van der Waals surface area contributed by atoms with Gasteiger partial charge in [-0.2, -0.15) is 0 Å². The van der Waals surface area contributed by atoms with Crippen LogP contribution in [0.4, 0.5) is 0 Å². The van der Waals surface area contributed by atoms with Gasteiger partial charge in [0.2, 0.25) is 0 Å². The Morgan fingerprint density at radius 3 is 1.16 bits per heavy atom. The van der Waals surface area contributed by atoms with Crippen molar-refractivity contribution in [2.24, 2.45) is 0 Å². The molecule has 222 valence electrons. The molecule has 2 aromatic heterocycles. The van der Waals surface area contributed by atoms with Crippen molar-refractivity contribution >= 4 is 57.7 Å². The first kappa shape index (κ1) is 29.7. The highest BCUT2D eigenvalue weighted by molar-refractivity contribution is 7.12. The van der Waals surface area contributed by atoms with Crippen molar-refractivity contribution in [3.05, 3.63) is 127 Å². The van der Waals surface area contributed by atoms with E-state index in [1.165, 1.54) is 22.7 Å². The van der Waals surface area contributed by atoms with Gasteiger partial charge in [-0.05, 0) is 56.0 Å². The van der Waals surface area contributed by atoms with E-state index in [-0.39, 0.29) is 33.4 Å². The largest absolute Gasteiger partial charge is 0.275 e. The van der Waals surface area contributed by atoms with Crippen LogP contribution in [0.2, 0.25) is 0 Å². The number of hydrogen-bond donors (Lipinski definition) is 0. The average Bonchev–Trinajstić information content (AvgIpc) is 3.78. The van der Waals surface area contributed by atoms with Crippen LogP contribution in [0.15, 0.2) is 94.7 Å². The lowest BCUT2D eigenvalue weighted by Gasteiger charge is -2.24. The third-order valence-corrected chi connectivity index (χ3v) is 9.64. The minimum absolute atomic E-state index is 0.0585. The number of carbonyl (C=O) groups is 4. The zero-order valence-electron chi connectivity index (χ0n) is 25.4. The fourth-order valence-corrected chi connectivity index (χ4v) is 6.82. The first-order valence-corrected chi connectivity index (χ1v) is 16.1. The van der Waals surface area contributed by atoms with Gasteiger partial charge in [-0.1, -0.05) is 102 Å². The maximum absolute atomic E-state index is 14.5. The molecule has 0 atom stereocenters. The molecule has 6 rings (SSSR count). The lowest BCUT2D eigenvalue weighted by atomic mass is 9.86. The number of nitrogens with zero attached hydrogens (tertiary/aromatic N) is 2. The molecule has 2 aliphatic rings. The number of carbonyl (C=O) groups excluding carboxylic acids is 4. The molecule has 44 heavy (non-hydrogen) atoms. The van der Waals surface area contributed by atoms with E-state index < -0.39 is 23.6 Å². The summed E-state index contributed by atoms with van der Waals surface area (Å²) in [7, 11) is 0. The summed E-state index contributed by atoms with van der Waals surface area (Å²) in [5.41, 5.74) is 3.47. The molecule has 0 N–H and O–H groups in total. The molecule has 4 aromatic rings. The van der Waals surface area contributed by atoms with E-state index in [1.807, 2.05) is 48.5 Å². The summed E-state index contributed by atoms with van der Waals surface area (Å²) >= 11 is 2.45. The van der Waals surface area contributed by atoms with Gasteiger partial charge < -0.3 is 0 Å². The monoisotopic (exact) mass is 620 g/mol. The van der Waals surface area contributed by atoms with Crippen LogP contribution in [0.3, 0.4) is 0 Å². The number of thiophene rings is 2. The molecule has 0 fully saturated rings. The van der Waals surface area contributed by atoms with Crippen LogP contribution in [-0.4, -0.2) is 33.4 Å². The predicted molar refractivity (Wildman–Crippen MR) is 175 cm³/mol. The smallest absolute Gasteiger partial charge is 0.268 e. The van der Waals surface area contributed by atoms with Crippen molar-refractivity contribution in [2.75, 3.05) is 0 Å². The van der Waals surface area contributed by atoms with Gasteiger partial charge in [-0.3, -0.25) is 19.2 Å².